The van der Waals surface area contributed by atoms with E-state index in [0.717, 1.165) is 12.5 Å². The molecule has 0 rings (SSSR count). The number of alkyl carbamates (subject to hydrolysis) is 1. The Hall–Kier alpha value is -0.336. The van der Waals surface area contributed by atoms with Crippen LogP contribution in [0.15, 0.2) is 0 Å². The van der Waals surface area contributed by atoms with E-state index in [2.05, 4.69) is 38.1 Å². The number of carbonyl (C=O) groups excluding carboxylic acids is 1. The Labute approximate surface area is 107 Å². The van der Waals surface area contributed by atoms with Crippen LogP contribution in [0.2, 0.25) is 38.8 Å². The summed E-state index contributed by atoms with van der Waals surface area (Å²) in [7, 11) is -3.00. The van der Waals surface area contributed by atoms with Crippen molar-refractivity contribution in [2.75, 3.05) is 13.2 Å². The zero-order valence-corrected chi connectivity index (χ0v) is 14.1. The largest absolute Gasteiger partial charge is 0.456 e. The van der Waals surface area contributed by atoms with Gasteiger partial charge in [-0.1, -0.05) is 0 Å². The molecule has 0 radical (unpaired) electrons. The first-order valence-electron chi connectivity index (χ1n) is 6.27. The van der Waals surface area contributed by atoms with Gasteiger partial charge in [0.25, 0.3) is 0 Å². The Morgan fingerprint density at radius 2 is 1.76 bits per heavy atom. The summed E-state index contributed by atoms with van der Waals surface area (Å²) in [6.45, 7) is 14.0. The standard InChI is InChI=1S/C11H27NO3Si2/c1-7-14-11(13)12-9-8-10-17(5,6)15-16(2,3)4/h7-10H2,1-6H3,(H,12,13). The molecule has 0 aromatic heterocycles. The van der Waals surface area contributed by atoms with Crippen LogP contribution < -0.4 is 5.32 Å². The summed E-state index contributed by atoms with van der Waals surface area (Å²) in [6.07, 6.45) is 0.640. The first-order chi connectivity index (χ1) is 7.66. The molecule has 0 atom stereocenters. The maximum absolute atomic E-state index is 11.0. The van der Waals surface area contributed by atoms with Crippen LogP contribution in [0.5, 0.6) is 0 Å². The quantitative estimate of drug-likeness (QED) is 0.574. The smallest absolute Gasteiger partial charge is 0.407 e. The van der Waals surface area contributed by atoms with E-state index in [1.54, 1.807) is 6.92 Å². The van der Waals surface area contributed by atoms with Gasteiger partial charge in [-0.3, -0.25) is 0 Å². The SMILES string of the molecule is CCOC(=O)NCCC[Si](C)(C)O[Si](C)(C)C. The fourth-order valence-corrected chi connectivity index (χ4v) is 9.83. The summed E-state index contributed by atoms with van der Waals surface area (Å²) < 4.78 is 11.0. The molecule has 102 valence electrons. The van der Waals surface area contributed by atoms with E-state index in [9.17, 15) is 4.79 Å². The van der Waals surface area contributed by atoms with Gasteiger partial charge in [0.15, 0.2) is 16.6 Å². The molecule has 17 heavy (non-hydrogen) atoms. The van der Waals surface area contributed by atoms with E-state index in [0.29, 0.717) is 13.2 Å². The second-order valence-electron chi connectivity index (χ2n) is 5.72. The Balaban J connectivity index is 3.76. The lowest BCUT2D eigenvalue weighted by Gasteiger charge is -2.31. The summed E-state index contributed by atoms with van der Waals surface area (Å²) in [5.74, 6) is 0. The molecule has 0 heterocycles. The van der Waals surface area contributed by atoms with Crippen LogP contribution in [-0.2, 0) is 8.85 Å². The van der Waals surface area contributed by atoms with Crippen molar-refractivity contribution >= 4 is 22.7 Å². The molecule has 0 bridgehead atoms. The van der Waals surface area contributed by atoms with Crippen LogP contribution in [0.3, 0.4) is 0 Å². The molecule has 1 amide bonds. The van der Waals surface area contributed by atoms with Gasteiger partial charge in [-0.15, -0.1) is 0 Å². The van der Waals surface area contributed by atoms with Crippen molar-refractivity contribution in [3.05, 3.63) is 0 Å². The summed E-state index contributed by atoms with van der Waals surface area (Å²) in [5.41, 5.74) is 0. The van der Waals surface area contributed by atoms with Gasteiger partial charge >= 0.3 is 6.09 Å². The first-order valence-corrected chi connectivity index (χ1v) is 12.8. The molecule has 0 aromatic carbocycles. The van der Waals surface area contributed by atoms with Crippen molar-refractivity contribution in [2.24, 2.45) is 0 Å². The molecule has 6 heteroatoms. The van der Waals surface area contributed by atoms with E-state index in [-0.39, 0.29) is 6.09 Å². The maximum Gasteiger partial charge on any atom is 0.407 e. The van der Waals surface area contributed by atoms with Gasteiger partial charge in [-0.25, -0.2) is 4.79 Å². The number of carbonyl (C=O) groups is 1. The fourth-order valence-electron chi connectivity index (χ4n) is 1.77. The molecule has 0 saturated heterocycles. The molecule has 0 aromatic rings. The van der Waals surface area contributed by atoms with Crippen molar-refractivity contribution in [2.45, 2.75) is 52.1 Å². The monoisotopic (exact) mass is 277 g/mol. The van der Waals surface area contributed by atoms with Gasteiger partial charge in [-0.05, 0) is 52.1 Å². The van der Waals surface area contributed by atoms with Crippen molar-refractivity contribution in [3.8, 4) is 0 Å². The maximum atomic E-state index is 11.0. The topological polar surface area (TPSA) is 47.6 Å². The summed E-state index contributed by atoms with van der Waals surface area (Å²) >= 11 is 0. The number of hydrogen-bond donors (Lipinski definition) is 1. The van der Waals surface area contributed by atoms with Gasteiger partial charge in [0.1, 0.15) is 0 Å². The zero-order chi connectivity index (χ0) is 13.5. The van der Waals surface area contributed by atoms with Crippen LogP contribution >= 0.6 is 0 Å². The Morgan fingerprint density at radius 3 is 2.24 bits per heavy atom. The minimum absolute atomic E-state index is 0.321. The molecule has 0 aliphatic rings. The van der Waals surface area contributed by atoms with Crippen molar-refractivity contribution in [1.82, 2.24) is 5.32 Å². The predicted octanol–water partition coefficient (Wildman–Crippen LogP) is 3.18. The van der Waals surface area contributed by atoms with Gasteiger partial charge in [0, 0.05) is 6.54 Å². The average molecular weight is 278 g/mol. The van der Waals surface area contributed by atoms with Gasteiger partial charge < -0.3 is 14.2 Å². The number of nitrogens with one attached hydrogen (secondary N) is 1. The van der Waals surface area contributed by atoms with Crippen molar-refractivity contribution < 1.29 is 13.6 Å². The molecule has 0 unspecified atom stereocenters. The second kappa shape index (κ2) is 7.18. The third kappa shape index (κ3) is 10.5. The van der Waals surface area contributed by atoms with Crippen LogP contribution in [0.1, 0.15) is 13.3 Å². The minimum Gasteiger partial charge on any atom is -0.456 e. The Kier molecular flexibility index (Phi) is 7.03. The molecule has 4 nitrogen and oxygen atoms in total. The summed E-state index contributed by atoms with van der Waals surface area (Å²) in [6, 6.07) is 1.07. The molecular weight excluding hydrogens is 250 g/mol. The van der Waals surface area contributed by atoms with E-state index in [4.69, 9.17) is 8.85 Å². The van der Waals surface area contributed by atoms with E-state index < -0.39 is 16.6 Å². The van der Waals surface area contributed by atoms with Gasteiger partial charge in [0.2, 0.25) is 0 Å². The highest BCUT2D eigenvalue weighted by Gasteiger charge is 2.28. The lowest BCUT2D eigenvalue weighted by molar-refractivity contribution is 0.152. The van der Waals surface area contributed by atoms with E-state index in [1.807, 2.05) is 0 Å². The number of ether oxygens (including phenoxy) is 1. The van der Waals surface area contributed by atoms with Crippen LogP contribution in [0.25, 0.3) is 0 Å². The molecule has 1 N–H and O–H groups in total. The number of rotatable bonds is 7. The predicted molar refractivity (Wildman–Crippen MR) is 76.4 cm³/mol. The highest BCUT2D eigenvalue weighted by atomic mass is 28.4. The van der Waals surface area contributed by atoms with Crippen LogP contribution in [0, 0.1) is 0 Å². The van der Waals surface area contributed by atoms with E-state index >= 15 is 0 Å². The molecule has 0 aliphatic carbocycles. The third-order valence-corrected chi connectivity index (χ3v) is 8.30. The van der Waals surface area contributed by atoms with Gasteiger partial charge in [0.05, 0.1) is 6.61 Å². The summed E-state index contributed by atoms with van der Waals surface area (Å²) in [5, 5.41) is 2.74. The highest BCUT2D eigenvalue weighted by molar-refractivity contribution is 6.84. The molecule has 0 aliphatic heterocycles. The Bertz CT molecular complexity index is 239. The molecule has 0 saturated carbocycles. The van der Waals surface area contributed by atoms with Crippen LogP contribution in [0.4, 0.5) is 4.79 Å². The Morgan fingerprint density at radius 1 is 1.18 bits per heavy atom. The minimum atomic E-state index is -1.56. The van der Waals surface area contributed by atoms with Gasteiger partial charge in [-0.2, -0.15) is 0 Å². The zero-order valence-electron chi connectivity index (χ0n) is 12.1. The molecule has 0 spiro atoms. The highest BCUT2D eigenvalue weighted by Crippen LogP contribution is 2.19. The van der Waals surface area contributed by atoms with E-state index in [1.165, 1.54) is 0 Å². The second-order valence-corrected chi connectivity index (χ2v) is 14.8. The summed E-state index contributed by atoms with van der Waals surface area (Å²) in [4.78, 5) is 11.0. The first kappa shape index (κ1) is 16.7. The number of hydrogen-bond acceptors (Lipinski definition) is 3. The fraction of sp³-hybridized carbons (Fsp3) is 0.909. The van der Waals surface area contributed by atoms with Crippen LogP contribution in [-0.4, -0.2) is 35.9 Å². The van der Waals surface area contributed by atoms with Crippen molar-refractivity contribution in [3.63, 3.8) is 0 Å². The normalized spacial score (nSPS) is 12.4. The molecule has 0 fully saturated rings. The lowest BCUT2D eigenvalue weighted by Crippen LogP contribution is -2.42. The van der Waals surface area contributed by atoms with Crippen molar-refractivity contribution in [1.29, 1.82) is 0 Å². The average Bonchev–Trinajstić information content (AvgIpc) is 2.09. The third-order valence-electron chi connectivity index (χ3n) is 2.08. The number of amides is 1. The molecular formula is C11H27NO3Si2. The lowest BCUT2D eigenvalue weighted by atomic mass is 10.5.